The first-order chi connectivity index (χ1) is 9.37. The van der Waals surface area contributed by atoms with E-state index in [-0.39, 0.29) is 18.3 Å². The Labute approximate surface area is 120 Å². The molecule has 0 bridgehead atoms. The van der Waals surface area contributed by atoms with Gasteiger partial charge in [0.1, 0.15) is 0 Å². The highest BCUT2D eigenvalue weighted by molar-refractivity contribution is 6.61. The van der Waals surface area contributed by atoms with Crippen LogP contribution in [0.2, 0.25) is 0 Å². The van der Waals surface area contributed by atoms with Crippen molar-refractivity contribution in [2.24, 2.45) is 5.92 Å². The molecule has 0 aromatic carbocycles. The van der Waals surface area contributed by atoms with E-state index in [0.29, 0.717) is 5.92 Å². The quantitative estimate of drug-likeness (QED) is 0.780. The number of rotatable bonds is 3. The number of aromatic nitrogens is 2. The summed E-state index contributed by atoms with van der Waals surface area (Å²) < 4.78 is 19.4. The zero-order valence-electron chi connectivity index (χ0n) is 12.8. The Morgan fingerprint density at radius 3 is 2.60 bits per heavy atom. The highest BCUT2D eigenvalue weighted by Gasteiger charge is 2.52. The summed E-state index contributed by atoms with van der Waals surface area (Å²) in [5.74, 6) is 0.570. The van der Waals surface area contributed by atoms with E-state index in [1.165, 1.54) is 0 Å². The summed E-state index contributed by atoms with van der Waals surface area (Å²) >= 11 is 0. The second kappa shape index (κ2) is 4.86. The number of ether oxygens (including phenoxy) is 1. The molecule has 0 N–H and O–H groups in total. The molecule has 3 rings (SSSR count). The van der Waals surface area contributed by atoms with Crippen LogP contribution in [0.15, 0.2) is 12.4 Å². The van der Waals surface area contributed by atoms with Crippen LogP contribution in [0.25, 0.3) is 0 Å². The maximum absolute atomic E-state index is 6.03. The van der Waals surface area contributed by atoms with Gasteiger partial charge in [-0.2, -0.15) is 5.10 Å². The van der Waals surface area contributed by atoms with E-state index in [4.69, 9.17) is 14.0 Å². The normalized spacial score (nSPS) is 28.2. The van der Waals surface area contributed by atoms with E-state index in [1.54, 1.807) is 0 Å². The third-order valence-electron chi connectivity index (χ3n) is 4.65. The van der Waals surface area contributed by atoms with Crippen molar-refractivity contribution in [3.05, 3.63) is 12.4 Å². The maximum Gasteiger partial charge on any atom is 0.498 e. The minimum atomic E-state index is -0.325. The van der Waals surface area contributed by atoms with Gasteiger partial charge in [-0.25, -0.2) is 0 Å². The van der Waals surface area contributed by atoms with Gasteiger partial charge in [0.25, 0.3) is 0 Å². The Bertz CT molecular complexity index is 465. The SMILES string of the molecule is CC1(C)OB(c2cnn(C[C@H]3CCOC3)c2)OC1(C)C. The minimum Gasteiger partial charge on any atom is -0.399 e. The molecule has 0 unspecified atom stereocenters. The van der Waals surface area contributed by atoms with Gasteiger partial charge in [0.05, 0.1) is 17.8 Å². The molecular weight excluding hydrogens is 255 g/mol. The predicted octanol–water partition coefficient (Wildman–Crippen LogP) is 1.22. The topological polar surface area (TPSA) is 45.5 Å². The van der Waals surface area contributed by atoms with Crippen LogP contribution >= 0.6 is 0 Å². The second-order valence-electron chi connectivity index (χ2n) is 6.81. The molecule has 2 fully saturated rings. The van der Waals surface area contributed by atoms with Gasteiger partial charge in [0.2, 0.25) is 0 Å². The lowest BCUT2D eigenvalue weighted by atomic mass is 9.82. The van der Waals surface area contributed by atoms with Crippen LogP contribution in [0.3, 0.4) is 0 Å². The molecular formula is C14H23BN2O3. The molecule has 6 heteroatoms. The third kappa shape index (κ3) is 2.52. The molecule has 2 aliphatic rings. The first kappa shape index (κ1) is 14.1. The smallest absolute Gasteiger partial charge is 0.399 e. The average molecular weight is 278 g/mol. The molecule has 20 heavy (non-hydrogen) atoms. The molecule has 0 radical (unpaired) electrons. The van der Waals surface area contributed by atoms with E-state index in [9.17, 15) is 0 Å². The van der Waals surface area contributed by atoms with E-state index >= 15 is 0 Å². The Balaban J connectivity index is 1.68. The fourth-order valence-electron chi connectivity index (χ4n) is 2.57. The maximum atomic E-state index is 6.03. The van der Waals surface area contributed by atoms with Crippen LogP contribution in [0, 0.1) is 5.92 Å². The number of hydrogen-bond donors (Lipinski definition) is 0. The zero-order chi connectivity index (χ0) is 14.4. The lowest BCUT2D eigenvalue weighted by molar-refractivity contribution is 0.00578. The van der Waals surface area contributed by atoms with Crippen LogP contribution in [-0.2, 0) is 20.6 Å². The van der Waals surface area contributed by atoms with Crippen LogP contribution in [-0.4, -0.2) is 41.3 Å². The van der Waals surface area contributed by atoms with Crippen LogP contribution in [0.1, 0.15) is 34.1 Å². The Morgan fingerprint density at radius 1 is 1.30 bits per heavy atom. The summed E-state index contributed by atoms with van der Waals surface area (Å²) in [4.78, 5) is 0. The first-order valence-corrected chi connectivity index (χ1v) is 7.33. The van der Waals surface area contributed by atoms with E-state index in [2.05, 4.69) is 32.8 Å². The van der Waals surface area contributed by atoms with Crippen molar-refractivity contribution in [3.8, 4) is 0 Å². The number of nitrogens with zero attached hydrogens (tertiary/aromatic N) is 2. The highest BCUT2D eigenvalue weighted by atomic mass is 16.7. The molecule has 1 aromatic rings. The fourth-order valence-corrected chi connectivity index (χ4v) is 2.57. The molecule has 0 aliphatic carbocycles. The van der Waals surface area contributed by atoms with Gasteiger partial charge >= 0.3 is 7.12 Å². The Hall–Kier alpha value is -0.845. The molecule has 1 atom stereocenters. The Kier molecular flexibility index (Phi) is 3.43. The van der Waals surface area contributed by atoms with Gasteiger partial charge in [0, 0.05) is 36.9 Å². The Morgan fingerprint density at radius 2 is 2.00 bits per heavy atom. The van der Waals surface area contributed by atoms with Crippen molar-refractivity contribution < 1.29 is 14.0 Å². The van der Waals surface area contributed by atoms with Crippen molar-refractivity contribution in [1.29, 1.82) is 0 Å². The second-order valence-corrected chi connectivity index (χ2v) is 6.81. The van der Waals surface area contributed by atoms with Crippen molar-refractivity contribution in [1.82, 2.24) is 9.78 Å². The average Bonchev–Trinajstić information content (AvgIpc) is 3.02. The standard InChI is InChI=1S/C14H23BN2O3/c1-13(2)14(3,4)20-15(19-13)12-7-16-17(9-12)8-11-5-6-18-10-11/h7,9,11H,5-6,8,10H2,1-4H3/t11-/m1/s1. The molecule has 5 nitrogen and oxygen atoms in total. The van der Waals surface area contributed by atoms with Gasteiger partial charge in [0.15, 0.2) is 0 Å². The van der Waals surface area contributed by atoms with Crippen LogP contribution in [0.4, 0.5) is 0 Å². The highest BCUT2D eigenvalue weighted by Crippen LogP contribution is 2.36. The van der Waals surface area contributed by atoms with Gasteiger partial charge in [-0.3, -0.25) is 4.68 Å². The zero-order valence-corrected chi connectivity index (χ0v) is 12.8. The van der Waals surface area contributed by atoms with Gasteiger partial charge in [-0.15, -0.1) is 0 Å². The van der Waals surface area contributed by atoms with Crippen molar-refractivity contribution in [2.75, 3.05) is 13.2 Å². The van der Waals surface area contributed by atoms with Crippen molar-refractivity contribution in [3.63, 3.8) is 0 Å². The third-order valence-corrected chi connectivity index (χ3v) is 4.65. The minimum absolute atomic E-state index is 0.306. The molecule has 1 aromatic heterocycles. The van der Waals surface area contributed by atoms with Gasteiger partial charge in [-0.05, 0) is 34.1 Å². The lowest BCUT2D eigenvalue weighted by Crippen LogP contribution is -2.41. The summed E-state index contributed by atoms with van der Waals surface area (Å²) in [6.45, 7) is 10.9. The lowest BCUT2D eigenvalue weighted by Gasteiger charge is -2.32. The van der Waals surface area contributed by atoms with Crippen LogP contribution in [0.5, 0.6) is 0 Å². The first-order valence-electron chi connectivity index (χ1n) is 7.33. The molecule has 2 saturated heterocycles. The van der Waals surface area contributed by atoms with Crippen LogP contribution < -0.4 is 5.46 Å². The summed E-state index contributed by atoms with van der Waals surface area (Å²) in [7, 11) is -0.325. The molecule has 0 spiro atoms. The molecule has 2 aliphatic heterocycles. The number of hydrogen-bond acceptors (Lipinski definition) is 4. The molecule has 0 saturated carbocycles. The van der Waals surface area contributed by atoms with E-state index in [0.717, 1.165) is 31.6 Å². The summed E-state index contributed by atoms with van der Waals surface area (Å²) in [5, 5.41) is 4.42. The van der Waals surface area contributed by atoms with Gasteiger partial charge in [-0.1, -0.05) is 0 Å². The monoisotopic (exact) mass is 278 g/mol. The summed E-state index contributed by atoms with van der Waals surface area (Å²) in [6, 6.07) is 0. The van der Waals surface area contributed by atoms with E-state index < -0.39 is 0 Å². The summed E-state index contributed by atoms with van der Waals surface area (Å²) in [5.41, 5.74) is 0.376. The van der Waals surface area contributed by atoms with Crippen molar-refractivity contribution in [2.45, 2.75) is 51.9 Å². The molecule has 0 amide bonds. The molecule has 3 heterocycles. The van der Waals surface area contributed by atoms with E-state index in [1.807, 2.05) is 17.1 Å². The largest absolute Gasteiger partial charge is 0.498 e. The predicted molar refractivity (Wildman–Crippen MR) is 76.9 cm³/mol. The molecule has 110 valence electrons. The summed E-state index contributed by atoms with van der Waals surface area (Å²) in [6.07, 6.45) is 4.99. The van der Waals surface area contributed by atoms with Crippen molar-refractivity contribution >= 4 is 12.6 Å². The van der Waals surface area contributed by atoms with Gasteiger partial charge < -0.3 is 14.0 Å². The fraction of sp³-hybridized carbons (Fsp3) is 0.786.